The molecule has 0 heterocycles. The van der Waals surface area contributed by atoms with E-state index in [0.29, 0.717) is 0 Å². The van der Waals surface area contributed by atoms with Crippen molar-refractivity contribution in [3.8, 4) is 0 Å². The molecule has 0 aromatic carbocycles. The van der Waals surface area contributed by atoms with Crippen LogP contribution in [0.1, 0.15) is 45.4 Å². The molecule has 0 nitrogen and oxygen atoms in total. The topological polar surface area (TPSA) is 0 Å². The standard InChI is InChI=1S/C9H20Si.Zr/c1-3-4-5-6-7-8-9-10-2;/h3-9H2,1-2H3;/q;+2. The van der Waals surface area contributed by atoms with Crippen molar-refractivity contribution in [2.75, 3.05) is 0 Å². The Hall–Kier alpha value is 1.10. The van der Waals surface area contributed by atoms with E-state index in [1.54, 1.807) is 6.04 Å². The molecule has 0 N–H and O–H groups in total. The Morgan fingerprint density at radius 3 is 2.09 bits per heavy atom. The van der Waals surface area contributed by atoms with Crippen LogP contribution in [0.3, 0.4) is 0 Å². The van der Waals surface area contributed by atoms with Gasteiger partial charge in [-0.15, -0.1) is 0 Å². The maximum absolute atomic E-state index is 2.45. The van der Waals surface area contributed by atoms with Crippen LogP contribution in [0.4, 0.5) is 0 Å². The molecule has 0 saturated heterocycles. The molecule has 2 heteroatoms. The van der Waals surface area contributed by atoms with Gasteiger partial charge >= 0.3 is 86.8 Å². The molecule has 0 unspecified atom stereocenters. The third kappa shape index (κ3) is 11.1. The molecule has 0 amide bonds. The Morgan fingerprint density at radius 2 is 1.55 bits per heavy atom. The van der Waals surface area contributed by atoms with Crippen molar-refractivity contribution in [2.45, 2.75) is 58.0 Å². The van der Waals surface area contributed by atoms with Crippen molar-refractivity contribution in [1.82, 2.24) is 0 Å². The fourth-order valence-corrected chi connectivity index (χ4v) is 3.25. The van der Waals surface area contributed by atoms with Gasteiger partial charge < -0.3 is 0 Å². The molecule has 0 saturated carbocycles. The van der Waals surface area contributed by atoms with Crippen LogP contribution in [-0.2, 0) is 23.3 Å². The van der Waals surface area contributed by atoms with Gasteiger partial charge in [0.05, 0.1) is 0 Å². The van der Waals surface area contributed by atoms with E-state index in [0.717, 1.165) is 0 Å². The van der Waals surface area contributed by atoms with E-state index < -0.39 is 0 Å². The molecule has 0 bridgehead atoms. The predicted molar refractivity (Wildman–Crippen MR) is 49.8 cm³/mol. The molecule has 0 atom stereocenters. The summed E-state index contributed by atoms with van der Waals surface area (Å²) in [7, 11) is 0. The van der Waals surface area contributed by atoms with Crippen LogP contribution in [0.25, 0.3) is 0 Å². The molecule has 0 aliphatic heterocycles. The third-order valence-corrected chi connectivity index (χ3v) is 4.85. The van der Waals surface area contributed by atoms with E-state index in [-0.39, 0.29) is 5.43 Å². The third-order valence-electron chi connectivity index (χ3n) is 1.91. The van der Waals surface area contributed by atoms with Crippen LogP contribution in [0, 0.1) is 0 Å². The van der Waals surface area contributed by atoms with E-state index >= 15 is 0 Å². The molecule has 0 aromatic heterocycles. The van der Waals surface area contributed by atoms with Crippen LogP contribution in [-0.4, -0.2) is 5.43 Å². The zero-order valence-electron chi connectivity index (χ0n) is 7.95. The number of hydrogen-bond donors (Lipinski definition) is 0. The number of unbranched alkanes of at least 4 members (excludes halogenated alkanes) is 5. The summed E-state index contributed by atoms with van der Waals surface area (Å²) in [6, 6.07) is 1.56. The zero-order valence-corrected chi connectivity index (χ0v) is 11.4. The average Bonchev–Trinajstić information content (AvgIpc) is 1.96. The van der Waals surface area contributed by atoms with Gasteiger partial charge in [0, 0.05) is 0 Å². The predicted octanol–water partition coefficient (Wildman–Crippen LogP) is 3.52. The van der Waals surface area contributed by atoms with E-state index in [9.17, 15) is 0 Å². The maximum atomic E-state index is 2.45. The number of hydrogen-bond acceptors (Lipinski definition) is 0. The van der Waals surface area contributed by atoms with Gasteiger partial charge in [-0.05, 0) is 0 Å². The monoisotopic (exact) mass is 246 g/mol. The van der Waals surface area contributed by atoms with Crippen LogP contribution in [0.2, 0.25) is 12.6 Å². The van der Waals surface area contributed by atoms with Crippen LogP contribution < -0.4 is 0 Å². The summed E-state index contributed by atoms with van der Waals surface area (Å²) in [5.74, 6) is 0. The van der Waals surface area contributed by atoms with Gasteiger partial charge in [0.15, 0.2) is 0 Å². The quantitative estimate of drug-likeness (QED) is 0.477. The minimum absolute atomic E-state index is 0.163. The van der Waals surface area contributed by atoms with E-state index in [2.05, 4.69) is 13.5 Å². The summed E-state index contributed by atoms with van der Waals surface area (Å²) in [6.07, 6.45) is 8.79. The second-order valence-electron chi connectivity index (χ2n) is 3.30. The summed E-state index contributed by atoms with van der Waals surface area (Å²) >= 11 is 1.82. The zero-order chi connectivity index (χ0) is 8.53. The van der Waals surface area contributed by atoms with Gasteiger partial charge in [-0.1, -0.05) is 0 Å². The van der Waals surface area contributed by atoms with Crippen molar-refractivity contribution in [2.24, 2.45) is 0 Å². The fraction of sp³-hybridized carbons (Fsp3) is 1.00. The molecule has 0 rings (SSSR count). The second-order valence-corrected chi connectivity index (χ2v) is 11.7. The SMILES string of the molecule is CCCCCCCC[Si](C)=[Zr+2]. The van der Waals surface area contributed by atoms with Crippen LogP contribution in [0.5, 0.6) is 0 Å². The summed E-state index contributed by atoms with van der Waals surface area (Å²) < 4.78 is 0. The number of rotatable bonds is 7. The Labute approximate surface area is 86.5 Å². The molecule has 0 aliphatic rings. The van der Waals surface area contributed by atoms with E-state index in [1.807, 2.05) is 23.3 Å². The molecule has 11 heavy (non-hydrogen) atoms. The van der Waals surface area contributed by atoms with Crippen LogP contribution in [0.15, 0.2) is 0 Å². The first-order valence-electron chi connectivity index (χ1n) is 4.81. The fourth-order valence-electron chi connectivity index (χ4n) is 1.17. The first kappa shape index (κ1) is 12.1. The molecule has 0 spiro atoms. The Bertz CT molecular complexity index is 102. The van der Waals surface area contributed by atoms with Gasteiger partial charge in [-0.3, -0.25) is 0 Å². The normalized spacial score (nSPS) is 10.2. The molecule has 0 fully saturated rings. The van der Waals surface area contributed by atoms with Crippen molar-refractivity contribution < 1.29 is 23.3 Å². The van der Waals surface area contributed by atoms with Crippen molar-refractivity contribution in [3.63, 3.8) is 0 Å². The first-order valence-corrected chi connectivity index (χ1v) is 10.7. The summed E-state index contributed by atoms with van der Waals surface area (Å²) in [5, 5.41) is 0. The van der Waals surface area contributed by atoms with Gasteiger partial charge in [-0.25, -0.2) is 0 Å². The summed E-state index contributed by atoms with van der Waals surface area (Å²) in [6.45, 7) is 4.73. The van der Waals surface area contributed by atoms with Gasteiger partial charge in [0.2, 0.25) is 0 Å². The molecular weight excluding hydrogens is 227 g/mol. The van der Waals surface area contributed by atoms with Gasteiger partial charge in [-0.2, -0.15) is 0 Å². The Kier molecular flexibility index (Phi) is 10.1. The van der Waals surface area contributed by atoms with Crippen molar-refractivity contribution in [3.05, 3.63) is 0 Å². The first-order chi connectivity index (χ1) is 5.27. The average molecular weight is 248 g/mol. The van der Waals surface area contributed by atoms with Crippen LogP contribution >= 0.6 is 0 Å². The van der Waals surface area contributed by atoms with E-state index in [1.165, 1.54) is 38.5 Å². The van der Waals surface area contributed by atoms with Gasteiger partial charge in [0.25, 0.3) is 0 Å². The molecular formula is C9H20SiZr+2. The van der Waals surface area contributed by atoms with E-state index in [4.69, 9.17) is 0 Å². The minimum atomic E-state index is 0.163. The van der Waals surface area contributed by atoms with Gasteiger partial charge in [0.1, 0.15) is 0 Å². The molecule has 0 aliphatic carbocycles. The Morgan fingerprint density at radius 1 is 1.00 bits per heavy atom. The second kappa shape index (κ2) is 9.19. The Balaban J connectivity index is 2.85. The summed E-state index contributed by atoms with van der Waals surface area (Å²) in [5.41, 5.74) is 0.163. The van der Waals surface area contributed by atoms with Crippen molar-refractivity contribution in [1.29, 1.82) is 0 Å². The molecule has 0 aromatic rings. The molecule has 62 valence electrons. The van der Waals surface area contributed by atoms with Crippen molar-refractivity contribution >= 4 is 5.43 Å². The summed E-state index contributed by atoms with van der Waals surface area (Å²) in [4.78, 5) is 0. The molecule has 0 radical (unpaired) electrons.